The number of nitrogens with zero attached hydrogens (tertiary/aromatic N) is 5. The lowest BCUT2D eigenvalue weighted by Gasteiger charge is -2.48. The maximum atomic E-state index is 4.61. The molecule has 1 aromatic carbocycles. The zero-order chi connectivity index (χ0) is 21.8. The number of aliphatic imine (C=N–C) groups is 1. The van der Waals surface area contributed by atoms with E-state index in [1.165, 1.54) is 42.6 Å². The molecule has 0 radical (unpaired) electrons. The van der Waals surface area contributed by atoms with Gasteiger partial charge in [0, 0.05) is 52.0 Å². The standard InChI is InChI=1S/C25H38N6.HI/c1-19-23(20(2)29(4)28-19)12-14-27-25(26-3)31-16-13-24-22(18-31)11-8-15-30(24)17-21-9-6-5-7-10-21;/h5-7,9-10,22,24H,8,11-18H2,1-4H3,(H,26,27);1H. The van der Waals surface area contributed by atoms with Crippen LogP contribution in [0.4, 0.5) is 0 Å². The van der Waals surface area contributed by atoms with Crippen molar-refractivity contribution >= 4 is 29.9 Å². The topological polar surface area (TPSA) is 48.7 Å². The van der Waals surface area contributed by atoms with Crippen molar-refractivity contribution in [2.75, 3.05) is 33.2 Å². The van der Waals surface area contributed by atoms with Gasteiger partial charge in [-0.05, 0) is 63.1 Å². The van der Waals surface area contributed by atoms with Crippen molar-refractivity contribution in [1.82, 2.24) is 24.9 Å². The summed E-state index contributed by atoms with van der Waals surface area (Å²) in [6.07, 6.45) is 4.83. The molecule has 6 nitrogen and oxygen atoms in total. The second-order valence-electron chi connectivity index (χ2n) is 9.16. The van der Waals surface area contributed by atoms with Crippen molar-refractivity contribution in [3.8, 4) is 0 Å². The molecule has 2 saturated heterocycles. The fourth-order valence-electron chi connectivity index (χ4n) is 5.52. The number of guanidine groups is 1. The van der Waals surface area contributed by atoms with Crippen molar-refractivity contribution in [2.45, 2.75) is 52.1 Å². The third kappa shape index (κ3) is 5.65. The minimum atomic E-state index is 0. The Morgan fingerprint density at radius 2 is 1.94 bits per heavy atom. The summed E-state index contributed by atoms with van der Waals surface area (Å²) in [5.41, 5.74) is 5.19. The summed E-state index contributed by atoms with van der Waals surface area (Å²) in [6, 6.07) is 11.6. The van der Waals surface area contributed by atoms with Crippen LogP contribution in [0.25, 0.3) is 0 Å². The van der Waals surface area contributed by atoms with Crippen LogP contribution in [-0.2, 0) is 20.0 Å². The number of aryl methyl sites for hydroxylation is 2. The maximum absolute atomic E-state index is 4.61. The van der Waals surface area contributed by atoms with Crippen LogP contribution in [0.1, 0.15) is 41.8 Å². The summed E-state index contributed by atoms with van der Waals surface area (Å²) in [4.78, 5) is 9.82. The number of fused-ring (bicyclic) bond motifs is 1. The molecule has 32 heavy (non-hydrogen) atoms. The Kier molecular flexibility index (Phi) is 8.99. The molecule has 176 valence electrons. The highest BCUT2D eigenvalue weighted by atomic mass is 127. The molecular weight excluding hydrogens is 511 g/mol. The number of hydrogen-bond acceptors (Lipinski definition) is 3. The van der Waals surface area contributed by atoms with Crippen molar-refractivity contribution in [3.05, 3.63) is 52.8 Å². The number of hydrogen-bond donors (Lipinski definition) is 1. The summed E-state index contributed by atoms with van der Waals surface area (Å²) in [6.45, 7) is 9.65. The van der Waals surface area contributed by atoms with Crippen molar-refractivity contribution in [2.24, 2.45) is 18.0 Å². The number of halogens is 1. The summed E-state index contributed by atoms with van der Waals surface area (Å²) < 4.78 is 1.98. The van der Waals surface area contributed by atoms with E-state index in [0.717, 1.165) is 50.2 Å². The van der Waals surface area contributed by atoms with Crippen LogP contribution in [0.15, 0.2) is 35.3 Å². The number of likely N-dealkylation sites (tertiary alicyclic amines) is 2. The zero-order valence-corrected chi connectivity index (χ0v) is 22.4. The number of rotatable bonds is 5. The number of nitrogens with one attached hydrogen (secondary N) is 1. The van der Waals surface area contributed by atoms with Crippen LogP contribution in [0, 0.1) is 19.8 Å². The van der Waals surface area contributed by atoms with E-state index in [1.54, 1.807) is 0 Å². The molecule has 0 amide bonds. The lowest BCUT2D eigenvalue weighted by molar-refractivity contribution is 0.0373. The quantitative estimate of drug-likeness (QED) is 0.350. The third-order valence-electron chi connectivity index (χ3n) is 7.24. The third-order valence-corrected chi connectivity index (χ3v) is 7.24. The highest BCUT2D eigenvalue weighted by molar-refractivity contribution is 14.0. The van der Waals surface area contributed by atoms with Crippen LogP contribution in [0.2, 0.25) is 0 Å². The molecule has 2 aromatic rings. The molecule has 1 N–H and O–H groups in total. The first-order valence-electron chi connectivity index (χ1n) is 11.8. The van der Waals surface area contributed by atoms with Crippen molar-refractivity contribution < 1.29 is 0 Å². The van der Waals surface area contributed by atoms with Gasteiger partial charge in [-0.15, -0.1) is 24.0 Å². The largest absolute Gasteiger partial charge is 0.356 e. The molecule has 0 bridgehead atoms. The number of benzene rings is 1. The Morgan fingerprint density at radius 1 is 1.16 bits per heavy atom. The first-order chi connectivity index (χ1) is 15.1. The van der Waals surface area contributed by atoms with E-state index in [1.807, 2.05) is 18.8 Å². The van der Waals surface area contributed by atoms with Gasteiger partial charge in [0.25, 0.3) is 0 Å². The molecule has 0 aliphatic carbocycles. The van der Waals surface area contributed by atoms with E-state index in [4.69, 9.17) is 0 Å². The van der Waals surface area contributed by atoms with E-state index >= 15 is 0 Å². The van der Waals surface area contributed by atoms with Crippen LogP contribution in [0.3, 0.4) is 0 Å². The number of aromatic nitrogens is 2. The van der Waals surface area contributed by atoms with Crippen LogP contribution in [-0.4, -0.2) is 64.8 Å². The minimum Gasteiger partial charge on any atom is -0.356 e. The van der Waals surface area contributed by atoms with Crippen LogP contribution >= 0.6 is 24.0 Å². The highest BCUT2D eigenvalue weighted by Gasteiger charge is 2.36. The monoisotopic (exact) mass is 550 g/mol. The summed E-state index contributed by atoms with van der Waals surface area (Å²) in [5, 5.41) is 8.17. The highest BCUT2D eigenvalue weighted by Crippen LogP contribution is 2.31. The van der Waals surface area contributed by atoms with Gasteiger partial charge < -0.3 is 10.2 Å². The summed E-state index contributed by atoms with van der Waals surface area (Å²) >= 11 is 0. The summed E-state index contributed by atoms with van der Waals surface area (Å²) in [7, 11) is 3.94. The van der Waals surface area contributed by atoms with Crippen LogP contribution in [0.5, 0.6) is 0 Å². The van der Waals surface area contributed by atoms with Gasteiger partial charge in [-0.2, -0.15) is 5.10 Å². The molecule has 2 fully saturated rings. The molecule has 2 aliphatic heterocycles. The average Bonchev–Trinajstić information content (AvgIpc) is 3.03. The van der Waals surface area contributed by atoms with Gasteiger partial charge in [0.1, 0.15) is 0 Å². The first kappa shape index (κ1) is 25.0. The SMILES string of the molecule is CN=C(NCCc1c(C)nn(C)c1C)N1CCC2C(CCCN2Cc2ccccc2)C1.I. The second-order valence-corrected chi connectivity index (χ2v) is 9.16. The Labute approximate surface area is 210 Å². The average molecular weight is 551 g/mol. The molecule has 0 spiro atoms. The van der Waals surface area contributed by atoms with Gasteiger partial charge >= 0.3 is 0 Å². The zero-order valence-electron chi connectivity index (χ0n) is 20.0. The molecule has 4 rings (SSSR count). The molecule has 2 unspecified atom stereocenters. The minimum absolute atomic E-state index is 0. The molecule has 7 heteroatoms. The first-order valence-corrected chi connectivity index (χ1v) is 11.8. The van der Waals surface area contributed by atoms with E-state index in [9.17, 15) is 0 Å². The van der Waals surface area contributed by atoms with Gasteiger partial charge in [0.2, 0.25) is 0 Å². The van der Waals surface area contributed by atoms with Crippen molar-refractivity contribution in [3.63, 3.8) is 0 Å². The summed E-state index contributed by atoms with van der Waals surface area (Å²) in [5.74, 6) is 1.78. The number of piperidine rings is 2. The molecular formula is C25H39IN6. The smallest absolute Gasteiger partial charge is 0.193 e. The van der Waals surface area contributed by atoms with E-state index in [-0.39, 0.29) is 24.0 Å². The Morgan fingerprint density at radius 3 is 2.62 bits per heavy atom. The van der Waals surface area contributed by atoms with E-state index < -0.39 is 0 Å². The molecule has 0 saturated carbocycles. The van der Waals surface area contributed by atoms with E-state index in [2.05, 4.69) is 69.4 Å². The second kappa shape index (κ2) is 11.5. The Bertz CT molecular complexity index is 893. The predicted octanol–water partition coefficient (Wildman–Crippen LogP) is 3.76. The lowest BCUT2D eigenvalue weighted by Crippen LogP contribution is -2.56. The molecule has 3 heterocycles. The fraction of sp³-hybridized carbons (Fsp3) is 0.600. The van der Waals surface area contributed by atoms with Gasteiger partial charge in [-0.25, -0.2) is 0 Å². The van der Waals surface area contributed by atoms with Gasteiger partial charge in [-0.3, -0.25) is 14.6 Å². The molecule has 2 aliphatic rings. The maximum Gasteiger partial charge on any atom is 0.193 e. The van der Waals surface area contributed by atoms with Gasteiger partial charge in [0.05, 0.1) is 5.69 Å². The molecule has 2 atom stereocenters. The normalized spacial score (nSPS) is 21.8. The van der Waals surface area contributed by atoms with Crippen LogP contribution < -0.4 is 5.32 Å². The Hall–Kier alpha value is -1.61. The van der Waals surface area contributed by atoms with Gasteiger partial charge in [-0.1, -0.05) is 30.3 Å². The Balaban J connectivity index is 0.00000289. The van der Waals surface area contributed by atoms with E-state index in [0.29, 0.717) is 6.04 Å². The fourth-order valence-corrected chi connectivity index (χ4v) is 5.52. The lowest BCUT2D eigenvalue weighted by atomic mass is 9.83. The van der Waals surface area contributed by atoms with Crippen molar-refractivity contribution in [1.29, 1.82) is 0 Å². The molecule has 1 aromatic heterocycles. The predicted molar refractivity (Wildman–Crippen MR) is 143 cm³/mol. The van der Waals surface area contributed by atoms with Gasteiger partial charge in [0.15, 0.2) is 5.96 Å².